The minimum atomic E-state index is -4.03. The normalized spacial score (nSPS) is 15.0. The molecule has 0 radical (unpaired) electrons. The van der Waals surface area contributed by atoms with E-state index in [-0.39, 0.29) is 30.0 Å². The summed E-state index contributed by atoms with van der Waals surface area (Å²) in [6.45, 7) is 0.397. The standard InChI is InChI=1S/C20H22N6O5S/c1-24-11-14(10-22-24)12-26-18(27)16-9-15(32(29,30)23-20(13-21)5-6-20)3-4-17(16)25(19(26)28)7-8-31-2/h3-4,9-11,23H,5-8,12H2,1-2H3. The van der Waals surface area contributed by atoms with Crippen LogP contribution in [-0.2, 0) is 34.9 Å². The number of nitriles is 1. The number of rotatable bonds is 8. The molecule has 0 aliphatic heterocycles. The van der Waals surface area contributed by atoms with Crippen LogP contribution in [0.15, 0.2) is 45.1 Å². The third-order valence-electron chi connectivity index (χ3n) is 5.42. The van der Waals surface area contributed by atoms with Gasteiger partial charge in [-0.3, -0.25) is 18.6 Å². The molecule has 1 aliphatic rings. The van der Waals surface area contributed by atoms with E-state index >= 15 is 0 Å². The predicted octanol–water partition coefficient (Wildman–Crippen LogP) is -0.0741. The average Bonchev–Trinajstić information content (AvgIpc) is 3.41. The molecule has 32 heavy (non-hydrogen) atoms. The molecule has 4 rings (SSSR count). The Kier molecular flexibility index (Phi) is 5.49. The minimum Gasteiger partial charge on any atom is -0.383 e. The fourth-order valence-electron chi connectivity index (χ4n) is 3.52. The van der Waals surface area contributed by atoms with Gasteiger partial charge in [-0.15, -0.1) is 0 Å². The molecular weight excluding hydrogens is 436 g/mol. The van der Waals surface area contributed by atoms with E-state index in [0.29, 0.717) is 23.9 Å². The number of fused-ring (bicyclic) bond motifs is 1. The van der Waals surface area contributed by atoms with Crippen molar-refractivity contribution in [3.8, 4) is 6.07 Å². The van der Waals surface area contributed by atoms with Crippen molar-refractivity contribution < 1.29 is 13.2 Å². The van der Waals surface area contributed by atoms with Gasteiger partial charge in [0.1, 0.15) is 5.54 Å². The number of methoxy groups -OCH3 is 1. The number of hydrogen-bond acceptors (Lipinski definition) is 7. The van der Waals surface area contributed by atoms with Crippen LogP contribution in [0.5, 0.6) is 0 Å². The molecule has 0 amide bonds. The third kappa shape index (κ3) is 3.97. The highest BCUT2D eigenvalue weighted by Gasteiger charge is 2.46. The average molecular weight is 459 g/mol. The molecule has 0 bridgehead atoms. The lowest BCUT2D eigenvalue weighted by atomic mass is 10.2. The van der Waals surface area contributed by atoms with Gasteiger partial charge in [0.15, 0.2) is 0 Å². The summed E-state index contributed by atoms with van der Waals surface area (Å²) in [5.74, 6) is 0. The van der Waals surface area contributed by atoms with Crippen LogP contribution in [0.2, 0.25) is 0 Å². The monoisotopic (exact) mass is 458 g/mol. The number of aryl methyl sites for hydroxylation is 1. The van der Waals surface area contributed by atoms with Crippen molar-refractivity contribution in [2.75, 3.05) is 13.7 Å². The Labute approximate surface area is 183 Å². The van der Waals surface area contributed by atoms with E-state index in [9.17, 15) is 23.3 Å². The summed E-state index contributed by atoms with van der Waals surface area (Å²) in [6, 6.07) is 5.99. The van der Waals surface area contributed by atoms with Crippen molar-refractivity contribution in [1.82, 2.24) is 23.6 Å². The maximum Gasteiger partial charge on any atom is 0.331 e. The summed E-state index contributed by atoms with van der Waals surface area (Å²) < 4.78 is 37.2. The lowest BCUT2D eigenvalue weighted by molar-refractivity contribution is 0.186. The molecule has 3 aromatic rings. The van der Waals surface area contributed by atoms with Gasteiger partial charge >= 0.3 is 5.69 Å². The predicted molar refractivity (Wildman–Crippen MR) is 115 cm³/mol. The zero-order chi connectivity index (χ0) is 23.1. The number of hydrogen-bond donors (Lipinski definition) is 1. The smallest absolute Gasteiger partial charge is 0.331 e. The second-order valence-corrected chi connectivity index (χ2v) is 9.50. The Hall–Kier alpha value is -3.27. The van der Waals surface area contributed by atoms with Gasteiger partial charge in [-0.25, -0.2) is 13.2 Å². The number of sulfonamides is 1. The van der Waals surface area contributed by atoms with Gasteiger partial charge in [0.2, 0.25) is 10.0 Å². The Morgan fingerprint density at radius 3 is 2.62 bits per heavy atom. The summed E-state index contributed by atoms with van der Waals surface area (Å²) >= 11 is 0. The van der Waals surface area contributed by atoms with Crippen LogP contribution in [0, 0.1) is 11.3 Å². The first-order valence-corrected chi connectivity index (χ1v) is 11.4. The SMILES string of the molecule is COCCn1c(=O)n(Cc2cnn(C)c2)c(=O)c2cc(S(=O)(=O)NC3(C#N)CC3)ccc21. The molecule has 0 unspecified atom stereocenters. The summed E-state index contributed by atoms with van der Waals surface area (Å²) in [5, 5.41) is 13.4. The highest BCUT2D eigenvalue weighted by atomic mass is 32.2. The maximum absolute atomic E-state index is 13.2. The van der Waals surface area contributed by atoms with Crippen LogP contribution in [0.1, 0.15) is 18.4 Å². The van der Waals surface area contributed by atoms with E-state index in [2.05, 4.69) is 9.82 Å². The molecule has 1 aromatic carbocycles. The van der Waals surface area contributed by atoms with E-state index in [1.165, 1.54) is 29.9 Å². The van der Waals surface area contributed by atoms with Gasteiger partial charge < -0.3 is 4.74 Å². The second kappa shape index (κ2) is 8.01. The van der Waals surface area contributed by atoms with Gasteiger partial charge in [-0.1, -0.05) is 0 Å². The molecule has 1 saturated carbocycles. The summed E-state index contributed by atoms with van der Waals surface area (Å²) in [6.07, 6.45) is 4.12. The third-order valence-corrected chi connectivity index (χ3v) is 6.95. The lowest BCUT2D eigenvalue weighted by Crippen LogP contribution is -2.41. The van der Waals surface area contributed by atoms with Gasteiger partial charge in [-0.2, -0.15) is 15.1 Å². The largest absolute Gasteiger partial charge is 0.383 e. The van der Waals surface area contributed by atoms with Crippen molar-refractivity contribution >= 4 is 20.9 Å². The van der Waals surface area contributed by atoms with Crippen molar-refractivity contribution in [2.24, 2.45) is 7.05 Å². The van der Waals surface area contributed by atoms with E-state index in [1.54, 1.807) is 24.1 Å². The number of nitrogens with one attached hydrogen (secondary N) is 1. The first-order chi connectivity index (χ1) is 15.2. The molecule has 1 fully saturated rings. The Morgan fingerprint density at radius 2 is 2.03 bits per heavy atom. The van der Waals surface area contributed by atoms with Crippen LogP contribution in [0.4, 0.5) is 0 Å². The van der Waals surface area contributed by atoms with E-state index < -0.39 is 26.8 Å². The quantitative estimate of drug-likeness (QED) is 0.498. The first kappa shape index (κ1) is 21.9. The molecule has 0 spiro atoms. The van der Waals surface area contributed by atoms with Crippen LogP contribution < -0.4 is 16.0 Å². The first-order valence-electron chi connectivity index (χ1n) is 9.89. The number of nitrogens with zero attached hydrogens (tertiary/aromatic N) is 5. The minimum absolute atomic E-state index is 0.0127. The van der Waals surface area contributed by atoms with Crippen LogP contribution >= 0.6 is 0 Å². The maximum atomic E-state index is 13.2. The van der Waals surface area contributed by atoms with Gasteiger partial charge in [0.25, 0.3) is 5.56 Å². The van der Waals surface area contributed by atoms with Gasteiger partial charge in [-0.05, 0) is 31.0 Å². The van der Waals surface area contributed by atoms with Crippen LogP contribution in [0.25, 0.3) is 10.9 Å². The molecule has 168 valence electrons. The zero-order valence-electron chi connectivity index (χ0n) is 17.6. The van der Waals surface area contributed by atoms with Crippen molar-refractivity contribution in [1.29, 1.82) is 5.26 Å². The van der Waals surface area contributed by atoms with Crippen LogP contribution in [-0.4, -0.2) is 46.6 Å². The Morgan fingerprint density at radius 1 is 1.28 bits per heavy atom. The molecule has 0 atom stereocenters. The van der Waals surface area contributed by atoms with Crippen molar-refractivity contribution in [2.45, 2.75) is 36.4 Å². The highest BCUT2D eigenvalue weighted by Crippen LogP contribution is 2.36. The van der Waals surface area contributed by atoms with Crippen LogP contribution in [0.3, 0.4) is 0 Å². The summed E-state index contributed by atoms with van der Waals surface area (Å²) in [5.41, 5.74) is -1.27. The number of ether oxygens (including phenoxy) is 1. The fraction of sp³-hybridized carbons (Fsp3) is 0.400. The van der Waals surface area contributed by atoms with Crippen molar-refractivity contribution in [3.05, 3.63) is 57.0 Å². The molecule has 0 saturated heterocycles. The lowest BCUT2D eigenvalue weighted by Gasteiger charge is -2.15. The molecule has 1 aliphatic carbocycles. The molecule has 11 nitrogen and oxygen atoms in total. The topological polar surface area (TPSA) is 141 Å². The fourth-order valence-corrected chi connectivity index (χ4v) is 4.92. The second-order valence-electron chi connectivity index (χ2n) is 7.82. The van der Waals surface area contributed by atoms with E-state index in [1.807, 2.05) is 6.07 Å². The number of aromatic nitrogens is 4. The zero-order valence-corrected chi connectivity index (χ0v) is 18.4. The van der Waals surface area contributed by atoms with Gasteiger partial charge in [0, 0.05) is 25.9 Å². The summed E-state index contributed by atoms with van der Waals surface area (Å²) in [7, 11) is -0.808. The molecular formula is C20H22N6O5S. The van der Waals surface area contributed by atoms with Crippen molar-refractivity contribution in [3.63, 3.8) is 0 Å². The molecule has 2 aromatic heterocycles. The Balaban J connectivity index is 1.88. The van der Waals surface area contributed by atoms with Gasteiger partial charge in [0.05, 0.1) is 47.8 Å². The Bertz CT molecular complexity index is 1460. The molecule has 1 N–H and O–H groups in total. The molecule has 12 heteroatoms. The van der Waals surface area contributed by atoms with E-state index in [0.717, 1.165) is 4.57 Å². The van der Waals surface area contributed by atoms with E-state index in [4.69, 9.17) is 4.74 Å². The summed E-state index contributed by atoms with van der Waals surface area (Å²) in [4.78, 5) is 26.2. The molecule has 2 heterocycles. The highest BCUT2D eigenvalue weighted by molar-refractivity contribution is 7.89. The number of benzene rings is 1.